The van der Waals surface area contributed by atoms with Gasteiger partial charge in [-0.1, -0.05) is 11.3 Å². The van der Waals surface area contributed by atoms with E-state index in [0.717, 1.165) is 17.0 Å². The van der Waals surface area contributed by atoms with Crippen molar-refractivity contribution in [1.29, 1.82) is 0 Å². The SMILES string of the molecule is CN(C)c1ccc(C(=O)N/N=C/c2ccc([N+](=O)[O-])s2)cc1. The second-order valence-electron chi connectivity index (χ2n) is 4.57. The largest absolute Gasteiger partial charge is 0.378 e. The number of nitrogens with zero attached hydrogens (tertiary/aromatic N) is 3. The van der Waals surface area contributed by atoms with Crippen molar-refractivity contribution < 1.29 is 9.72 Å². The van der Waals surface area contributed by atoms with Gasteiger partial charge in [0.25, 0.3) is 5.91 Å². The Morgan fingerprint density at radius 1 is 1.27 bits per heavy atom. The number of hydrazone groups is 1. The fourth-order valence-corrected chi connectivity index (χ4v) is 2.33. The average molecular weight is 318 g/mol. The zero-order chi connectivity index (χ0) is 16.1. The molecule has 0 radical (unpaired) electrons. The lowest BCUT2D eigenvalue weighted by molar-refractivity contribution is -0.380. The van der Waals surface area contributed by atoms with Gasteiger partial charge in [0.15, 0.2) is 0 Å². The number of carbonyl (C=O) groups excluding carboxylic acids is 1. The molecule has 2 aromatic rings. The molecule has 1 N–H and O–H groups in total. The minimum absolute atomic E-state index is 0.0343. The fourth-order valence-electron chi connectivity index (χ4n) is 1.64. The standard InChI is InChI=1S/C14H14N4O3S/c1-17(2)11-5-3-10(4-6-11)14(19)16-15-9-12-7-8-13(22-12)18(20)21/h3-9H,1-2H3,(H,16,19)/b15-9+. The highest BCUT2D eigenvalue weighted by Crippen LogP contribution is 2.22. The maximum Gasteiger partial charge on any atom is 0.324 e. The summed E-state index contributed by atoms with van der Waals surface area (Å²) in [7, 11) is 3.83. The molecule has 1 aromatic heterocycles. The van der Waals surface area contributed by atoms with Gasteiger partial charge in [-0.15, -0.1) is 0 Å². The number of hydrogen-bond donors (Lipinski definition) is 1. The van der Waals surface area contributed by atoms with Crippen LogP contribution >= 0.6 is 11.3 Å². The van der Waals surface area contributed by atoms with E-state index in [1.807, 2.05) is 31.1 Å². The summed E-state index contributed by atoms with van der Waals surface area (Å²) in [6.45, 7) is 0. The van der Waals surface area contributed by atoms with E-state index in [-0.39, 0.29) is 10.9 Å². The Hall–Kier alpha value is -2.74. The third-order valence-electron chi connectivity index (χ3n) is 2.80. The maximum absolute atomic E-state index is 11.9. The normalized spacial score (nSPS) is 10.6. The minimum atomic E-state index is -0.465. The van der Waals surface area contributed by atoms with E-state index in [9.17, 15) is 14.9 Å². The second kappa shape index (κ2) is 6.81. The van der Waals surface area contributed by atoms with Crippen LogP contribution in [0.25, 0.3) is 0 Å². The van der Waals surface area contributed by atoms with Gasteiger partial charge in [0.2, 0.25) is 0 Å². The van der Waals surface area contributed by atoms with Crippen LogP contribution in [0.2, 0.25) is 0 Å². The van der Waals surface area contributed by atoms with Crippen LogP contribution in [0.15, 0.2) is 41.5 Å². The molecule has 8 heteroatoms. The molecular weight excluding hydrogens is 304 g/mol. The van der Waals surface area contributed by atoms with Crippen LogP contribution in [-0.2, 0) is 0 Å². The molecule has 1 aromatic carbocycles. The molecule has 0 spiro atoms. The Labute approximate surface area is 131 Å². The number of anilines is 1. The first kappa shape index (κ1) is 15.6. The van der Waals surface area contributed by atoms with Gasteiger partial charge in [0.1, 0.15) is 0 Å². The Bertz CT molecular complexity index is 707. The van der Waals surface area contributed by atoms with Gasteiger partial charge in [0.05, 0.1) is 16.0 Å². The van der Waals surface area contributed by atoms with E-state index in [1.165, 1.54) is 12.3 Å². The predicted octanol–water partition coefficient (Wildman–Crippen LogP) is 2.49. The molecule has 0 aliphatic carbocycles. The zero-order valence-corrected chi connectivity index (χ0v) is 12.8. The first-order valence-corrected chi connectivity index (χ1v) is 7.14. The summed E-state index contributed by atoms with van der Waals surface area (Å²) >= 11 is 0.988. The van der Waals surface area contributed by atoms with Gasteiger partial charge in [0, 0.05) is 31.4 Å². The highest BCUT2D eigenvalue weighted by Gasteiger charge is 2.08. The number of rotatable bonds is 5. The van der Waals surface area contributed by atoms with Crippen molar-refractivity contribution in [2.24, 2.45) is 5.10 Å². The van der Waals surface area contributed by atoms with Crippen molar-refractivity contribution in [2.45, 2.75) is 0 Å². The quantitative estimate of drug-likeness (QED) is 0.521. The number of amides is 1. The number of nitro groups is 1. The molecule has 0 bridgehead atoms. The van der Waals surface area contributed by atoms with Crippen molar-refractivity contribution >= 4 is 34.1 Å². The van der Waals surface area contributed by atoms with Crippen molar-refractivity contribution in [3.05, 3.63) is 57.0 Å². The number of carbonyl (C=O) groups is 1. The van der Waals surface area contributed by atoms with Crippen molar-refractivity contribution in [2.75, 3.05) is 19.0 Å². The van der Waals surface area contributed by atoms with E-state index >= 15 is 0 Å². The Kier molecular flexibility index (Phi) is 4.84. The average Bonchev–Trinajstić information content (AvgIpc) is 2.96. The lowest BCUT2D eigenvalue weighted by atomic mass is 10.2. The van der Waals surface area contributed by atoms with Crippen LogP contribution in [0.1, 0.15) is 15.2 Å². The second-order valence-corrected chi connectivity index (χ2v) is 5.67. The summed E-state index contributed by atoms with van der Waals surface area (Å²) in [6.07, 6.45) is 1.38. The molecule has 1 amide bonds. The molecule has 0 unspecified atom stereocenters. The van der Waals surface area contributed by atoms with Crippen LogP contribution in [-0.4, -0.2) is 31.1 Å². The molecule has 0 fully saturated rings. The number of nitrogens with one attached hydrogen (secondary N) is 1. The smallest absolute Gasteiger partial charge is 0.324 e. The summed E-state index contributed by atoms with van der Waals surface area (Å²) in [5, 5.41) is 14.4. The molecule has 2 rings (SSSR count). The van der Waals surface area contributed by atoms with Gasteiger partial charge in [-0.25, -0.2) is 5.43 Å². The summed E-state index contributed by atoms with van der Waals surface area (Å²) < 4.78 is 0. The Morgan fingerprint density at radius 3 is 2.50 bits per heavy atom. The van der Waals surface area contributed by atoms with Crippen LogP contribution in [0, 0.1) is 10.1 Å². The van der Waals surface area contributed by atoms with Crippen LogP contribution in [0.3, 0.4) is 0 Å². The molecule has 0 atom stereocenters. The van der Waals surface area contributed by atoms with Gasteiger partial charge in [-0.3, -0.25) is 14.9 Å². The summed E-state index contributed by atoms with van der Waals surface area (Å²) in [6, 6.07) is 10.0. The van der Waals surface area contributed by atoms with Crippen molar-refractivity contribution in [1.82, 2.24) is 5.43 Å². The molecule has 0 aliphatic rings. The molecule has 0 aliphatic heterocycles. The predicted molar refractivity (Wildman–Crippen MR) is 86.8 cm³/mol. The summed E-state index contributed by atoms with van der Waals surface area (Å²) in [5.41, 5.74) is 3.87. The van der Waals surface area contributed by atoms with Gasteiger partial charge in [-0.2, -0.15) is 5.10 Å². The van der Waals surface area contributed by atoms with E-state index in [4.69, 9.17) is 0 Å². The number of hydrogen-bond acceptors (Lipinski definition) is 6. The first-order valence-electron chi connectivity index (χ1n) is 6.32. The monoisotopic (exact) mass is 318 g/mol. The van der Waals surface area contributed by atoms with Crippen LogP contribution in [0.4, 0.5) is 10.7 Å². The van der Waals surface area contributed by atoms with Crippen molar-refractivity contribution in [3.63, 3.8) is 0 Å². The molecule has 0 saturated heterocycles. The van der Waals surface area contributed by atoms with E-state index in [1.54, 1.807) is 18.2 Å². The highest BCUT2D eigenvalue weighted by molar-refractivity contribution is 7.16. The van der Waals surface area contributed by atoms with Crippen LogP contribution in [0.5, 0.6) is 0 Å². The molecular formula is C14H14N4O3S. The lowest BCUT2D eigenvalue weighted by Gasteiger charge is -2.12. The summed E-state index contributed by atoms with van der Waals surface area (Å²) in [4.78, 5) is 24.5. The first-order chi connectivity index (χ1) is 10.5. The van der Waals surface area contributed by atoms with E-state index in [0.29, 0.717) is 10.4 Å². The molecule has 7 nitrogen and oxygen atoms in total. The third-order valence-corrected chi connectivity index (χ3v) is 3.77. The Morgan fingerprint density at radius 2 is 1.95 bits per heavy atom. The maximum atomic E-state index is 11.9. The number of thiophene rings is 1. The topological polar surface area (TPSA) is 87.8 Å². The van der Waals surface area contributed by atoms with Gasteiger partial charge in [-0.05, 0) is 30.3 Å². The highest BCUT2D eigenvalue weighted by atomic mass is 32.1. The zero-order valence-electron chi connectivity index (χ0n) is 12.0. The molecule has 1 heterocycles. The molecule has 114 valence electrons. The fraction of sp³-hybridized carbons (Fsp3) is 0.143. The molecule has 22 heavy (non-hydrogen) atoms. The third kappa shape index (κ3) is 3.89. The molecule has 0 saturated carbocycles. The minimum Gasteiger partial charge on any atom is -0.378 e. The number of benzene rings is 1. The summed E-state index contributed by atoms with van der Waals surface area (Å²) in [5.74, 6) is -0.340. The lowest BCUT2D eigenvalue weighted by Crippen LogP contribution is -2.17. The van der Waals surface area contributed by atoms with E-state index in [2.05, 4.69) is 10.5 Å². The van der Waals surface area contributed by atoms with Crippen LogP contribution < -0.4 is 10.3 Å². The van der Waals surface area contributed by atoms with Gasteiger partial charge < -0.3 is 4.90 Å². The van der Waals surface area contributed by atoms with Gasteiger partial charge >= 0.3 is 5.00 Å². The van der Waals surface area contributed by atoms with E-state index < -0.39 is 4.92 Å². The Balaban J connectivity index is 1.96. The van der Waals surface area contributed by atoms with Crippen molar-refractivity contribution in [3.8, 4) is 0 Å².